The first kappa shape index (κ1) is 7.98. The van der Waals surface area contributed by atoms with Crippen LogP contribution >= 0.6 is 23.2 Å². The van der Waals surface area contributed by atoms with Crippen LogP contribution in [0, 0.1) is 10.1 Å². The van der Waals surface area contributed by atoms with Crippen molar-refractivity contribution < 1.29 is 4.92 Å². The largest absolute Gasteiger partial charge is 0.305 e. The molecule has 0 aliphatic carbocycles. The average molecular weight is 158 g/mol. The van der Waals surface area contributed by atoms with Gasteiger partial charge in [-0.05, 0) is 11.6 Å². The summed E-state index contributed by atoms with van der Waals surface area (Å²) in [6, 6.07) is 0. The van der Waals surface area contributed by atoms with E-state index in [0.29, 0.717) is 0 Å². The Kier molecular flexibility index (Phi) is 2.50. The van der Waals surface area contributed by atoms with Gasteiger partial charge in [0, 0.05) is 11.8 Å². The van der Waals surface area contributed by atoms with Gasteiger partial charge >= 0.3 is 5.00 Å². The second-order valence-corrected chi connectivity index (χ2v) is 2.61. The van der Waals surface area contributed by atoms with Gasteiger partial charge in [-0.2, -0.15) is 0 Å². The van der Waals surface area contributed by atoms with Gasteiger partial charge < -0.3 is 0 Å². The van der Waals surface area contributed by atoms with Crippen molar-refractivity contribution in [2.45, 2.75) is 11.9 Å². The molecular formula is C3H5Cl2NO2. The number of hydrogen-bond donors (Lipinski definition) is 0. The third-order valence-electron chi connectivity index (χ3n) is 0.625. The minimum absolute atomic E-state index is 0.179. The first-order chi connectivity index (χ1) is 3.50. The van der Waals surface area contributed by atoms with E-state index in [9.17, 15) is 10.1 Å². The Morgan fingerprint density at radius 3 is 2.25 bits per heavy atom. The number of halogens is 2. The molecule has 3 nitrogen and oxygen atoms in total. The van der Waals surface area contributed by atoms with E-state index in [4.69, 9.17) is 23.2 Å². The highest BCUT2D eigenvalue weighted by Gasteiger charge is 2.32. The summed E-state index contributed by atoms with van der Waals surface area (Å²) in [6.07, 6.45) is 0. The number of nitro groups is 1. The van der Waals surface area contributed by atoms with Crippen LogP contribution in [0.5, 0.6) is 0 Å². The molecule has 1 atom stereocenters. The molecule has 0 heterocycles. The number of hydrogen-bond acceptors (Lipinski definition) is 2. The van der Waals surface area contributed by atoms with Gasteiger partial charge in [0.1, 0.15) is 5.88 Å². The van der Waals surface area contributed by atoms with Crippen LogP contribution in [0.3, 0.4) is 0 Å². The Bertz CT molecular complexity index is 103. The SMILES string of the molecule is CC(Cl)(CCl)[N+](=O)[O-]. The predicted octanol–water partition coefficient (Wildman–Crippen LogP) is 1.46. The molecule has 0 saturated carbocycles. The Balaban J connectivity index is 3.91. The van der Waals surface area contributed by atoms with E-state index in [0.717, 1.165) is 0 Å². The van der Waals surface area contributed by atoms with E-state index in [1.807, 2.05) is 0 Å². The van der Waals surface area contributed by atoms with Crippen LogP contribution in [-0.2, 0) is 0 Å². The quantitative estimate of drug-likeness (QED) is 0.264. The van der Waals surface area contributed by atoms with E-state index in [2.05, 4.69) is 0 Å². The first-order valence-electron chi connectivity index (χ1n) is 1.90. The molecule has 8 heavy (non-hydrogen) atoms. The maximum atomic E-state index is 9.84. The van der Waals surface area contributed by atoms with Crippen molar-refractivity contribution in [2.24, 2.45) is 0 Å². The Morgan fingerprint density at radius 2 is 2.25 bits per heavy atom. The molecule has 0 aromatic heterocycles. The molecule has 0 radical (unpaired) electrons. The summed E-state index contributed by atoms with van der Waals surface area (Å²) in [5.41, 5.74) is 0. The van der Waals surface area contributed by atoms with Crippen molar-refractivity contribution in [3.63, 3.8) is 0 Å². The molecule has 0 N–H and O–H groups in total. The van der Waals surface area contributed by atoms with E-state index in [-0.39, 0.29) is 5.88 Å². The molecule has 0 spiro atoms. The fourth-order valence-corrected chi connectivity index (χ4v) is 0.146. The van der Waals surface area contributed by atoms with Crippen molar-refractivity contribution in [3.05, 3.63) is 10.1 Å². The van der Waals surface area contributed by atoms with Crippen LogP contribution in [0.4, 0.5) is 0 Å². The van der Waals surface area contributed by atoms with Gasteiger partial charge in [-0.3, -0.25) is 10.1 Å². The highest BCUT2D eigenvalue weighted by Crippen LogP contribution is 2.15. The van der Waals surface area contributed by atoms with Gasteiger partial charge in [0.25, 0.3) is 0 Å². The summed E-state index contributed by atoms with van der Waals surface area (Å²) >= 11 is 10.3. The van der Waals surface area contributed by atoms with Crippen molar-refractivity contribution in [1.29, 1.82) is 0 Å². The van der Waals surface area contributed by atoms with Crippen molar-refractivity contribution in [1.82, 2.24) is 0 Å². The molecule has 0 rings (SSSR count). The first-order valence-corrected chi connectivity index (χ1v) is 2.81. The fraction of sp³-hybridized carbons (Fsp3) is 1.00. The minimum Gasteiger partial charge on any atom is -0.263 e. The third-order valence-corrected chi connectivity index (χ3v) is 1.55. The van der Waals surface area contributed by atoms with Crippen molar-refractivity contribution >= 4 is 23.2 Å². The molecule has 0 fully saturated rings. The van der Waals surface area contributed by atoms with Gasteiger partial charge in [0.05, 0.1) is 0 Å². The highest BCUT2D eigenvalue weighted by molar-refractivity contribution is 6.29. The maximum Gasteiger partial charge on any atom is 0.305 e. The summed E-state index contributed by atoms with van der Waals surface area (Å²) in [5, 5.41) is 9.84. The van der Waals surface area contributed by atoms with Crippen molar-refractivity contribution in [3.8, 4) is 0 Å². The standard InChI is InChI=1S/C3H5Cl2NO2/c1-3(5,2-4)6(7)8/h2H2,1H3. The van der Waals surface area contributed by atoms with Gasteiger partial charge in [-0.15, -0.1) is 11.6 Å². The predicted molar refractivity (Wildman–Crippen MR) is 32.0 cm³/mol. The number of rotatable bonds is 2. The van der Waals surface area contributed by atoms with E-state index in [1.54, 1.807) is 0 Å². The maximum absolute atomic E-state index is 9.84. The molecule has 0 bridgehead atoms. The number of nitrogens with zero attached hydrogens (tertiary/aromatic N) is 1. The smallest absolute Gasteiger partial charge is 0.263 e. The zero-order valence-electron chi connectivity index (χ0n) is 4.23. The molecule has 48 valence electrons. The van der Waals surface area contributed by atoms with Crippen LogP contribution in [-0.4, -0.2) is 15.8 Å². The molecule has 5 heteroatoms. The summed E-state index contributed by atoms with van der Waals surface area (Å²) in [6.45, 7) is 1.25. The molecule has 1 unspecified atom stereocenters. The third kappa shape index (κ3) is 1.84. The molecule has 0 amide bonds. The number of alkyl halides is 2. The van der Waals surface area contributed by atoms with E-state index < -0.39 is 9.92 Å². The molecule has 0 aliphatic heterocycles. The molecule has 0 aliphatic rings. The van der Waals surface area contributed by atoms with Crippen molar-refractivity contribution in [2.75, 3.05) is 5.88 Å². The topological polar surface area (TPSA) is 43.1 Å². The summed E-state index contributed by atoms with van der Waals surface area (Å²) in [4.78, 5) is 7.72. The van der Waals surface area contributed by atoms with Gasteiger partial charge in [-0.25, -0.2) is 0 Å². The molecule has 0 aromatic rings. The normalized spacial score (nSPS) is 17.4. The zero-order valence-corrected chi connectivity index (χ0v) is 5.74. The second kappa shape index (κ2) is 2.51. The lowest BCUT2D eigenvalue weighted by Crippen LogP contribution is -2.29. The van der Waals surface area contributed by atoms with Gasteiger partial charge in [0.2, 0.25) is 0 Å². The van der Waals surface area contributed by atoms with Gasteiger partial charge in [-0.1, -0.05) is 0 Å². The Labute approximate surface area is 56.7 Å². The lowest BCUT2D eigenvalue weighted by molar-refractivity contribution is -0.531. The zero-order chi connectivity index (χ0) is 6.78. The van der Waals surface area contributed by atoms with Crippen LogP contribution in [0.2, 0.25) is 0 Å². The lowest BCUT2D eigenvalue weighted by Gasteiger charge is -2.06. The van der Waals surface area contributed by atoms with Crippen LogP contribution in [0.1, 0.15) is 6.92 Å². The second-order valence-electron chi connectivity index (χ2n) is 1.53. The summed E-state index contributed by atoms with van der Waals surface area (Å²) in [7, 11) is 0. The van der Waals surface area contributed by atoms with Crippen LogP contribution < -0.4 is 0 Å². The van der Waals surface area contributed by atoms with Crippen LogP contribution in [0.15, 0.2) is 0 Å². The fourth-order valence-electron chi connectivity index (χ4n) is 0.0488. The van der Waals surface area contributed by atoms with Gasteiger partial charge in [0.15, 0.2) is 0 Å². The Hall–Kier alpha value is -0.0200. The van der Waals surface area contributed by atoms with E-state index >= 15 is 0 Å². The summed E-state index contributed by atoms with van der Waals surface area (Å²) in [5.74, 6) is -0.179. The summed E-state index contributed by atoms with van der Waals surface area (Å²) < 4.78 is 0. The highest BCUT2D eigenvalue weighted by atomic mass is 35.5. The van der Waals surface area contributed by atoms with E-state index in [1.165, 1.54) is 6.92 Å². The average Bonchev–Trinajstić information content (AvgIpc) is 1.67. The molecular weight excluding hydrogens is 153 g/mol. The Morgan fingerprint density at radius 1 is 1.88 bits per heavy atom. The monoisotopic (exact) mass is 157 g/mol. The minimum atomic E-state index is -1.50. The molecule has 0 saturated heterocycles. The lowest BCUT2D eigenvalue weighted by atomic mass is 10.4. The molecule has 0 aromatic carbocycles. The van der Waals surface area contributed by atoms with Crippen LogP contribution in [0.25, 0.3) is 0 Å².